The average Bonchev–Trinajstić information content (AvgIpc) is 3.08. The third kappa shape index (κ3) is 37.7. The number of allylic oxidation sites excluding steroid dienone is 5. The zero-order valence-corrected chi connectivity index (χ0v) is 33.5. The quantitative estimate of drug-likeness (QED) is 0.0161. The van der Waals surface area contributed by atoms with Gasteiger partial charge in [0.25, 0.3) is 0 Å². The van der Waals surface area contributed by atoms with Crippen LogP contribution in [0, 0.1) is 5.92 Å². The summed E-state index contributed by atoms with van der Waals surface area (Å²) in [5, 5.41) is 20.2. The third-order valence-corrected chi connectivity index (χ3v) is 8.95. The zero-order valence-electron chi connectivity index (χ0n) is 32.6. The Bertz CT molecular complexity index is 1030. The molecule has 4 N–H and O–H groups in total. The minimum absolute atomic E-state index is 0.0484. The Hall–Kier alpha value is -2.07. The first-order chi connectivity index (χ1) is 24.9. The molecule has 10 nitrogen and oxygen atoms in total. The summed E-state index contributed by atoms with van der Waals surface area (Å²) < 4.78 is 26.2. The van der Waals surface area contributed by atoms with E-state index in [-0.39, 0.29) is 25.9 Å². The third-order valence-electron chi connectivity index (χ3n) is 8.47. The van der Waals surface area contributed by atoms with Gasteiger partial charge in [-0.05, 0) is 44.4 Å². The molecular formula is C41H73O10P. The molecule has 0 bridgehead atoms. The number of phosphoric acid groups is 1. The van der Waals surface area contributed by atoms with E-state index >= 15 is 0 Å². The summed E-state index contributed by atoms with van der Waals surface area (Å²) in [6.45, 7) is 5.73. The Morgan fingerprint density at radius 3 is 1.77 bits per heavy atom. The Labute approximate surface area is 315 Å². The summed E-state index contributed by atoms with van der Waals surface area (Å²) in [5.41, 5.74) is 0. The van der Waals surface area contributed by atoms with Gasteiger partial charge in [-0.2, -0.15) is 0 Å². The Morgan fingerprint density at radius 2 is 1.19 bits per heavy atom. The predicted octanol–water partition coefficient (Wildman–Crippen LogP) is 9.76. The molecule has 0 aliphatic heterocycles. The number of hydrogen-bond acceptors (Lipinski definition) is 8. The van der Waals surface area contributed by atoms with E-state index in [1.54, 1.807) is 36.5 Å². The largest absolute Gasteiger partial charge is 0.469 e. The van der Waals surface area contributed by atoms with Crippen molar-refractivity contribution in [2.45, 2.75) is 180 Å². The molecule has 0 fully saturated rings. The van der Waals surface area contributed by atoms with Crippen LogP contribution in [0.25, 0.3) is 0 Å². The number of carbonyl (C=O) groups is 2. The van der Waals surface area contributed by atoms with Crippen LogP contribution in [-0.2, 0) is 28.2 Å². The first-order valence-electron chi connectivity index (χ1n) is 20.0. The second kappa shape index (κ2) is 34.7. The molecule has 0 heterocycles. The molecule has 0 saturated carbocycles. The van der Waals surface area contributed by atoms with Crippen LogP contribution in [0.5, 0.6) is 0 Å². The molecule has 52 heavy (non-hydrogen) atoms. The van der Waals surface area contributed by atoms with Crippen LogP contribution in [-0.4, -0.2) is 63.5 Å². The molecule has 0 aliphatic rings. The number of aliphatic hydroxyl groups excluding tert-OH is 2. The maximum atomic E-state index is 12.4. The second-order valence-electron chi connectivity index (χ2n) is 14.1. The van der Waals surface area contributed by atoms with Crippen molar-refractivity contribution < 1.29 is 48.2 Å². The normalized spacial score (nSPS) is 14.3. The number of aliphatic hydroxyl groups is 2. The van der Waals surface area contributed by atoms with Crippen LogP contribution in [0.15, 0.2) is 48.6 Å². The van der Waals surface area contributed by atoms with Crippen molar-refractivity contribution in [3.05, 3.63) is 48.6 Å². The van der Waals surface area contributed by atoms with Crippen molar-refractivity contribution in [2.24, 2.45) is 5.92 Å². The summed E-state index contributed by atoms with van der Waals surface area (Å²) in [6, 6.07) is 0. The number of esters is 2. The molecule has 0 aromatic heterocycles. The molecule has 0 spiro atoms. The lowest BCUT2D eigenvalue weighted by Crippen LogP contribution is -2.29. The maximum absolute atomic E-state index is 12.4. The van der Waals surface area contributed by atoms with Crippen molar-refractivity contribution in [2.75, 3.05) is 13.2 Å². The molecular weight excluding hydrogens is 683 g/mol. The van der Waals surface area contributed by atoms with Gasteiger partial charge in [0, 0.05) is 12.8 Å². The van der Waals surface area contributed by atoms with Crippen LogP contribution in [0.1, 0.15) is 162 Å². The Balaban J connectivity index is 4.22. The molecule has 0 unspecified atom stereocenters. The van der Waals surface area contributed by atoms with E-state index in [9.17, 15) is 24.4 Å². The van der Waals surface area contributed by atoms with E-state index in [2.05, 4.69) is 31.4 Å². The minimum atomic E-state index is -4.82. The SMILES string of the molecule is CCCCC/C=C\C[C@H](O)/C=C/C=C/C=C\[C@H](O)CCCC(=O)O[C@H](COC(=O)CCCCCCCCCCCCCCC(C)C)COP(=O)(O)O. The molecule has 0 radical (unpaired) electrons. The highest BCUT2D eigenvalue weighted by atomic mass is 31.2. The molecule has 0 rings (SSSR count). The lowest BCUT2D eigenvalue weighted by molar-refractivity contribution is -0.161. The van der Waals surface area contributed by atoms with E-state index in [0.29, 0.717) is 19.3 Å². The summed E-state index contributed by atoms with van der Waals surface area (Å²) in [6.07, 6.45) is 33.2. The van der Waals surface area contributed by atoms with Crippen molar-refractivity contribution in [3.63, 3.8) is 0 Å². The fraction of sp³-hybridized carbons (Fsp3) is 0.756. The number of hydrogen-bond donors (Lipinski definition) is 4. The van der Waals surface area contributed by atoms with Gasteiger partial charge in [-0.15, -0.1) is 0 Å². The zero-order chi connectivity index (χ0) is 38.7. The van der Waals surface area contributed by atoms with Crippen molar-refractivity contribution in [1.29, 1.82) is 0 Å². The first-order valence-corrected chi connectivity index (χ1v) is 21.5. The average molecular weight is 757 g/mol. The summed E-state index contributed by atoms with van der Waals surface area (Å²) in [7, 11) is -4.82. The number of carbonyl (C=O) groups excluding carboxylic acids is 2. The van der Waals surface area contributed by atoms with Gasteiger partial charge in [0.1, 0.15) is 6.61 Å². The van der Waals surface area contributed by atoms with Crippen LogP contribution < -0.4 is 0 Å². The lowest BCUT2D eigenvalue weighted by atomic mass is 10.0. The Morgan fingerprint density at radius 1 is 0.635 bits per heavy atom. The first kappa shape index (κ1) is 49.9. The lowest BCUT2D eigenvalue weighted by Gasteiger charge is -2.18. The fourth-order valence-electron chi connectivity index (χ4n) is 5.40. The van der Waals surface area contributed by atoms with E-state index in [4.69, 9.17) is 19.3 Å². The molecule has 0 saturated heterocycles. The number of ether oxygens (including phenoxy) is 2. The summed E-state index contributed by atoms with van der Waals surface area (Å²) >= 11 is 0. The van der Waals surface area contributed by atoms with Gasteiger partial charge in [0.05, 0.1) is 18.8 Å². The smallest absolute Gasteiger partial charge is 0.462 e. The highest BCUT2D eigenvalue weighted by Gasteiger charge is 2.23. The van der Waals surface area contributed by atoms with Gasteiger partial charge in [-0.25, -0.2) is 4.57 Å². The van der Waals surface area contributed by atoms with Gasteiger partial charge in [0.15, 0.2) is 6.10 Å². The molecule has 0 aliphatic carbocycles. The maximum Gasteiger partial charge on any atom is 0.469 e. The fourth-order valence-corrected chi connectivity index (χ4v) is 5.76. The van der Waals surface area contributed by atoms with Crippen molar-refractivity contribution in [1.82, 2.24) is 0 Å². The second-order valence-corrected chi connectivity index (χ2v) is 15.4. The van der Waals surface area contributed by atoms with Gasteiger partial charge >= 0.3 is 19.8 Å². The van der Waals surface area contributed by atoms with Crippen LogP contribution in [0.2, 0.25) is 0 Å². The highest BCUT2D eigenvalue weighted by molar-refractivity contribution is 7.46. The van der Waals surface area contributed by atoms with Gasteiger partial charge in [-0.1, -0.05) is 159 Å². The highest BCUT2D eigenvalue weighted by Crippen LogP contribution is 2.36. The standard InChI is InChI=1S/C41H73O10P/c1-4-5-6-7-17-22-28-37(42)29-23-19-20-24-30-38(43)31-26-33-41(45)51-39(35-50-52(46,47)48)34-49-40(44)32-25-18-15-13-11-9-8-10-12-14-16-21-27-36(2)3/h17,19-20,22-24,29-30,36-39,42-43H,4-16,18,21,25-28,31-35H2,1-3H3,(H2,46,47,48)/b20-19+,22-17-,29-23+,30-24-/t37-,38-,39+/m0/s1. The molecule has 11 heteroatoms. The predicted molar refractivity (Wildman–Crippen MR) is 209 cm³/mol. The summed E-state index contributed by atoms with van der Waals surface area (Å²) in [5.74, 6) is -0.321. The van der Waals surface area contributed by atoms with Gasteiger partial charge in [-0.3, -0.25) is 14.1 Å². The van der Waals surface area contributed by atoms with Crippen LogP contribution in [0.4, 0.5) is 0 Å². The van der Waals surface area contributed by atoms with Crippen molar-refractivity contribution >= 4 is 19.8 Å². The number of unbranched alkanes of at least 4 members (excludes halogenated alkanes) is 14. The number of phosphoric ester groups is 1. The minimum Gasteiger partial charge on any atom is -0.462 e. The molecule has 0 aromatic rings. The number of rotatable bonds is 35. The van der Waals surface area contributed by atoms with Crippen LogP contribution in [0.3, 0.4) is 0 Å². The van der Waals surface area contributed by atoms with Crippen LogP contribution >= 0.6 is 7.82 Å². The van der Waals surface area contributed by atoms with Gasteiger partial charge in [0.2, 0.25) is 0 Å². The van der Waals surface area contributed by atoms with Crippen molar-refractivity contribution in [3.8, 4) is 0 Å². The molecule has 0 amide bonds. The monoisotopic (exact) mass is 756 g/mol. The molecule has 3 atom stereocenters. The van der Waals surface area contributed by atoms with E-state index in [0.717, 1.165) is 31.6 Å². The Kier molecular flexibility index (Phi) is 33.3. The topological polar surface area (TPSA) is 160 Å². The molecule has 0 aromatic carbocycles. The summed E-state index contributed by atoms with van der Waals surface area (Å²) in [4.78, 5) is 42.8. The van der Waals surface area contributed by atoms with E-state index < -0.39 is 44.7 Å². The molecule has 302 valence electrons. The van der Waals surface area contributed by atoms with Gasteiger partial charge < -0.3 is 29.5 Å². The van der Waals surface area contributed by atoms with E-state index in [1.807, 2.05) is 6.08 Å². The van der Waals surface area contributed by atoms with E-state index in [1.165, 1.54) is 77.0 Å².